The molecule has 15 heavy (non-hydrogen) atoms. The lowest BCUT2D eigenvalue weighted by atomic mass is 10.2. The fraction of sp³-hybridized carbons (Fsp3) is 0.455. The summed E-state index contributed by atoms with van der Waals surface area (Å²) in [6, 6.07) is 3.48. The monoisotopic (exact) mass is 231 g/mol. The van der Waals surface area contributed by atoms with Crippen LogP contribution in [0.4, 0.5) is 8.78 Å². The van der Waals surface area contributed by atoms with E-state index in [2.05, 4.69) is 5.32 Å². The Kier molecular flexibility index (Phi) is 2.94. The van der Waals surface area contributed by atoms with Gasteiger partial charge in [-0.3, -0.25) is 0 Å². The topological polar surface area (TPSA) is 12.0 Å². The van der Waals surface area contributed by atoms with Crippen LogP contribution >= 0.6 is 11.6 Å². The Labute approximate surface area is 92.4 Å². The Balaban J connectivity index is 2.01. The Morgan fingerprint density at radius 1 is 1.33 bits per heavy atom. The lowest BCUT2D eigenvalue weighted by Crippen LogP contribution is -2.32. The normalized spacial score (nSPS) is 17.8. The maximum atomic E-state index is 13.2. The van der Waals surface area contributed by atoms with Gasteiger partial charge in [0.2, 0.25) is 0 Å². The van der Waals surface area contributed by atoms with Gasteiger partial charge in [-0.05, 0) is 31.0 Å². The highest BCUT2D eigenvalue weighted by Gasteiger charge is 2.41. The van der Waals surface area contributed by atoms with Crippen LogP contribution in [0.1, 0.15) is 18.4 Å². The maximum Gasteiger partial charge on any atom is 0.127 e. The first-order valence-electron chi connectivity index (χ1n) is 4.90. The predicted octanol–water partition coefficient (Wildman–Crippen LogP) is 2.83. The van der Waals surface area contributed by atoms with Crippen LogP contribution in [0.2, 0.25) is 0 Å². The molecule has 1 N–H and O–H groups in total. The molecule has 1 aliphatic carbocycles. The molecule has 82 valence electrons. The molecular weight excluding hydrogens is 220 g/mol. The van der Waals surface area contributed by atoms with Gasteiger partial charge < -0.3 is 5.32 Å². The van der Waals surface area contributed by atoms with E-state index in [1.54, 1.807) is 0 Å². The summed E-state index contributed by atoms with van der Waals surface area (Å²) in [5.41, 5.74) is 0.312. The lowest BCUT2D eigenvalue weighted by molar-refractivity contribution is 0.516. The molecule has 0 saturated heterocycles. The highest BCUT2D eigenvalue weighted by atomic mass is 35.5. The van der Waals surface area contributed by atoms with Crippen molar-refractivity contribution in [2.75, 3.05) is 5.88 Å². The van der Waals surface area contributed by atoms with E-state index in [1.165, 1.54) is 6.07 Å². The molecule has 0 heterocycles. The number of rotatable bonds is 4. The minimum absolute atomic E-state index is 0.0414. The maximum absolute atomic E-state index is 13.2. The summed E-state index contributed by atoms with van der Waals surface area (Å²) in [5, 5.41) is 3.17. The number of hydrogen-bond acceptors (Lipinski definition) is 1. The van der Waals surface area contributed by atoms with Crippen molar-refractivity contribution in [1.82, 2.24) is 5.32 Å². The Morgan fingerprint density at radius 2 is 2.07 bits per heavy atom. The molecule has 1 fully saturated rings. The highest BCUT2D eigenvalue weighted by Crippen LogP contribution is 2.36. The summed E-state index contributed by atoms with van der Waals surface area (Å²) in [6.07, 6.45) is 2.01. The largest absolute Gasteiger partial charge is 0.306 e. The molecule has 0 atom stereocenters. The number of benzene rings is 1. The van der Waals surface area contributed by atoms with Gasteiger partial charge in [-0.1, -0.05) is 0 Å². The number of hydrogen-bond donors (Lipinski definition) is 1. The number of alkyl halides is 1. The highest BCUT2D eigenvalue weighted by molar-refractivity contribution is 6.18. The average molecular weight is 232 g/mol. The first-order valence-corrected chi connectivity index (χ1v) is 5.44. The number of halogens is 3. The zero-order valence-electron chi connectivity index (χ0n) is 8.19. The Bertz CT molecular complexity index is 364. The summed E-state index contributed by atoms with van der Waals surface area (Å²) in [7, 11) is 0. The van der Waals surface area contributed by atoms with Gasteiger partial charge in [-0.2, -0.15) is 0 Å². The van der Waals surface area contributed by atoms with Crippen molar-refractivity contribution in [1.29, 1.82) is 0 Å². The van der Waals surface area contributed by atoms with Crippen LogP contribution < -0.4 is 5.32 Å². The van der Waals surface area contributed by atoms with Gasteiger partial charge in [0.05, 0.1) is 0 Å². The minimum atomic E-state index is -0.413. The van der Waals surface area contributed by atoms with Gasteiger partial charge in [0.1, 0.15) is 11.6 Å². The van der Waals surface area contributed by atoms with Gasteiger partial charge >= 0.3 is 0 Å². The van der Waals surface area contributed by atoms with Gasteiger partial charge in [-0.15, -0.1) is 11.6 Å². The molecule has 1 nitrogen and oxygen atoms in total. The summed E-state index contributed by atoms with van der Waals surface area (Å²) in [5.74, 6) is -0.276. The second kappa shape index (κ2) is 4.06. The van der Waals surface area contributed by atoms with Crippen LogP contribution in [-0.4, -0.2) is 11.4 Å². The first kappa shape index (κ1) is 10.8. The van der Waals surface area contributed by atoms with Crippen LogP contribution in [0.15, 0.2) is 18.2 Å². The van der Waals surface area contributed by atoms with E-state index < -0.39 is 5.82 Å². The molecule has 4 heteroatoms. The summed E-state index contributed by atoms with van der Waals surface area (Å²) >= 11 is 5.76. The van der Waals surface area contributed by atoms with E-state index in [1.807, 2.05) is 0 Å². The van der Waals surface area contributed by atoms with Gasteiger partial charge in [-0.25, -0.2) is 8.78 Å². The second-order valence-corrected chi connectivity index (χ2v) is 4.27. The third-order valence-corrected chi connectivity index (χ3v) is 3.28. The quantitative estimate of drug-likeness (QED) is 0.786. The smallest absolute Gasteiger partial charge is 0.127 e. The van der Waals surface area contributed by atoms with Crippen LogP contribution in [0.3, 0.4) is 0 Å². The van der Waals surface area contributed by atoms with Crippen molar-refractivity contribution in [2.45, 2.75) is 24.9 Å². The minimum Gasteiger partial charge on any atom is -0.306 e. The molecule has 1 aromatic rings. The van der Waals surface area contributed by atoms with Crippen LogP contribution in [0, 0.1) is 11.6 Å². The molecule has 0 radical (unpaired) electrons. The average Bonchev–Trinajstić information content (AvgIpc) is 3.00. The molecule has 0 spiro atoms. The van der Waals surface area contributed by atoms with E-state index >= 15 is 0 Å². The van der Waals surface area contributed by atoms with Crippen molar-refractivity contribution in [2.24, 2.45) is 0 Å². The summed E-state index contributed by atoms with van der Waals surface area (Å²) in [4.78, 5) is 0. The summed E-state index contributed by atoms with van der Waals surface area (Å²) < 4.78 is 26.1. The van der Waals surface area contributed by atoms with Crippen molar-refractivity contribution >= 4 is 11.6 Å². The fourth-order valence-corrected chi connectivity index (χ4v) is 1.83. The second-order valence-electron chi connectivity index (χ2n) is 4.00. The van der Waals surface area contributed by atoms with Crippen LogP contribution in [0.5, 0.6) is 0 Å². The zero-order valence-corrected chi connectivity index (χ0v) is 8.95. The molecule has 1 saturated carbocycles. The Morgan fingerprint density at radius 3 is 2.67 bits per heavy atom. The van der Waals surface area contributed by atoms with Crippen molar-refractivity contribution in [3.05, 3.63) is 35.4 Å². The third kappa shape index (κ3) is 2.47. The van der Waals surface area contributed by atoms with E-state index in [0.717, 1.165) is 25.0 Å². The van der Waals surface area contributed by atoms with Gasteiger partial charge in [0.15, 0.2) is 0 Å². The van der Waals surface area contributed by atoms with Crippen LogP contribution in [-0.2, 0) is 6.54 Å². The lowest BCUT2D eigenvalue weighted by Gasteiger charge is -2.14. The standard InChI is InChI=1S/C11H12ClF2N/c12-7-11(3-4-11)15-6-8-5-9(13)1-2-10(8)14/h1-2,5,15H,3-4,6-7H2. The molecule has 0 aliphatic heterocycles. The number of nitrogens with one attached hydrogen (secondary N) is 1. The molecule has 1 aliphatic rings. The SMILES string of the molecule is Fc1ccc(F)c(CNC2(CCl)CC2)c1. The summed E-state index contributed by atoms with van der Waals surface area (Å²) in [6.45, 7) is 0.330. The predicted molar refractivity (Wildman–Crippen MR) is 55.9 cm³/mol. The van der Waals surface area contributed by atoms with Gasteiger partial charge in [0.25, 0.3) is 0 Å². The molecule has 0 aromatic heterocycles. The van der Waals surface area contributed by atoms with E-state index in [4.69, 9.17) is 11.6 Å². The first-order chi connectivity index (χ1) is 7.15. The molecule has 0 unspecified atom stereocenters. The molecular formula is C11H12ClF2N. The van der Waals surface area contributed by atoms with E-state index in [0.29, 0.717) is 18.0 Å². The van der Waals surface area contributed by atoms with Crippen LogP contribution in [0.25, 0.3) is 0 Å². The van der Waals surface area contributed by atoms with Gasteiger partial charge in [0, 0.05) is 23.5 Å². The Hall–Kier alpha value is -0.670. The van der Waals surface area contributed by atoms with E-state index in [-0.39, 0.29) is 11.4 Å². The van der Waals surface area contributed by atoms with Crippen molar-refractivity contribution < 1.29 is 8.78 Å². The molecule has 1 aromatic carbocycles. The molecule has 0 amide bonds. The zero-order chi connectivity index (χ0) is 10.9. The van der Waals surface area contributed by atoms with Crippen molar-refractivity contribution in [3.8, 4) is 0 Å². The third-order valence-electron chi connectivity index (χ3n) is 2.77. The molecule has 0 bridgehead atoms. The van der Waals surface area contributed by atoms with Crippen molar-refractivity contribution in [3.63, 3.8) is 0 Å². The van der Waals surface area contributed by atoms with E-state index in [9.17, 15) is 8.78 Å². The molecule has 2 rings (SSSR count). The fourth-order valence-electron chi connectivity index (χ4n) is 1.47.